The van der Waals surface area contributed by atoms with Crippen LogP contribution in [0.5, 0.6) is 0 Å². The molecule has 0 bridgehead atoms. The van der Waals surface area contributed by atoms with E-state index in [1.54, 1.807) is 0 Å². The summed E-state index contributed by atoms with van der Waals surface area (Å²) in [6, 6.07) is -2.80. The van der Waals surface area contributed by atoms with Gasteiger partial charge >= 0.3 is 5.97 Å². The van der Waals surface area contributed by atoms with Gasteiger partial charge in [-0.25, -0.2) is 4.79 Å². The first-order valence-electron chi connectivity index (χ1n) is 5.04. The molecule has 1 aliphatic heterocycles. The first kappa shape index (κ1) is 14.8. The number of amides is 1. The van der Waals surface area contributed by atoms with Gasteiger partial charge in [-0.05, 0) is 0 Å². The fraction of sp³-hybridized carbons (Fsp3) is 0.750. The molecule has 3 atom stereocenters. The number of hydrogen-bond donors (Lipinski definition) is 4. The van der Waals surface area contributed by atoms with Crippen LogP contribution < -0.4 is 5.73 Å². The first-order chi connectivity index (χ1) is 8.11. The quantitative estimate of drug-likeness (QED) is 0.404. The van der Waals surface area contributed by atoms with E-state index in [4.69, 9.17) is 15.4 Å². The highest BCUT2D eigenvalue weighted by molar-refractivity contribution is 7.85. The number of aliphatic hydroxyl groups excluding tert-OH is 1. The van der Waals surface area contributed by atoms with E-state index in [9.17, 15) is 23.1 Å². The number of carbonyl (C=O) groups is 2. The van der Waals surface area contributed by atoms with E-state index in [2.05, 4.69) is 0 Å². The van der Waals surface area contributed by atoms with Gasteiger partial charge in [-0.3, -0.25) is 9.35 Å². The van der Waals surface area contributed by atoms with Crippen LogP contribution in [0.2, 0.25) is 0 Å². The molecule has 0 spiro atoms. The number of β-amino-alcohol motifs (C(OH)–C–C–N with tert-alkyl or cyclic N) is 1. The summed E-state index contributed by atoms with van der Waals surface area (Å²) in [5, 5.41) is 18.2. The molecule has 1 fully saturated rings. The highest BCUT2D eigenvalue weighted by atomic mass is 32.2. The zero-order valence-corrected chi connectivity index (χ0v) is 10.1. The van der Waals surface area contributed by atoms with Crippen molar-refractivity contribution in [2.75, 3.05) is 12.3 Å². The Bertz CT molecular complexity index is 448. The van der Waals surface area contributed by atoms with Crippen molar-refractivity contribution in [2.45, 2.75) is 24.6 Å². The topological polar surface area (TPSA) is 158 Å². The van der Waals surface area contributed by atoms with Crippen LogP contribution in [0.1, 0.15) is 6.42 Å². The summed E-state index contributed by atoms with van der Waals surface area (Å²) in [4.78, 5) is 23.4. The van der Waals surface area contributed by atoms with Gasteiger partial charge in [0.25, 0.3) is 10.1 Å². The molecule has 1 amide bonds. The number of carboxylic acid groups (broad SMARTS) is 1. The molecule has 1 heterocycles. The lowest BCUT2D eigenvalue weighted by molar-refractivity contribution is -0.148. The highest BCUT2D eigenvalue weighted by Gasteiger charge is 2.41. The summed E-state index contributed by atoms with van der Waals surface area (Å²) in [5.74, 6) is -3.24. The molecule has 5 N–H and O–H groups in total. The van der Waals surface area contributed by atoms with Crippen molar-refractivity contribution in [3.8, 4) is 0 Å². The summed E-state index contributed by atoms with van der Waals surface area (Å²) in [5.41, 5.74) is 5.29. The molecule has 18 heavy (non-hydrogen) atoms. The van der Waals surface area contributed by atoms with Crippen LogP contribution in [-0.4, -0.2) is 70.4 Å². The number of hydrogen-bond acceptors (Lipinski definition) is 6. The minimum atomic E-state index is -4.43. The molecule has 1 unspecified atom stereocenters. The maximum absolute atomic E-state index is 11.7. The molecular formula is C8H14N2O7S. The second-order valence-corrected chi connectivity index (χ2v) is 5.59. The van der Waals surface area contributed by atoms with Crippen molar-refractivity contribution in [3.63, 3.8) is 0 Å². The predicted octanol–water partition coefficient (Wildman–Crippen LogP) is -2.75. The van der Waals surface area contributed by atoms with Crippen molar-refractivity contribution < 1.29 is 32.8 Å². The minimum absolute atomic E-state index is 0.139. The molecule has 104 valence electrons. The number of nitrogens with two attached hydrogens (primary N) is 1. The predicted molar refractivity (Wildman–Crippen MR) is 58.2 cm³/mol. The number of nitrogens with zero attached hydrogens (tertiary/aromatic N) is 1. The molecular weight excluding hydrogens is 268 g/mol. The zero-order valence-electron chi connectivity index (χ0n) is 9.26. The Morgan fingerprint density at radius 3 is 2.44 bits per heavy atom. The summed E-state index contributed by atoms with van der Waals surface area (Å²) < 4.78 is 29.7. The van der Waals surface area contributed by atoms with Gasteiger partial charge in [0, 0.05) is 13.0 Å². The van der Waals surface area contributed by atoms with Crippen LogP contribution in [0.4, 0.5) is 0 Å². The highest BCUT2D eigenvalue weighted by Crippen LogP contribution is 2.19. The molecule has 1 saturated heterocycles. The van der Waals surface area contributed by atoms with Crippen LogP contribution in [0, 0.1) is 0 Å². The van der Waals surface area contributed by atoms with Gasteiger partial charge in [-0.15, -0.1) is 0 Å². The third-order valence-corrected chi connectivity index (χ3v) is 3.33. The van der Waals surface area contributed by atoms with Gasteiger partial charge in [0.1, 0.15) is 12.1 Å². The lowest BCUT2D eigenvalue weighted by Crippen LogP contribution is -2.51. The van der Waals surface area contributed by atoms with E-state index in [0.717, 1.165) is 4.90 Å². The maximum atomic E-state index is 11.7. The van der Waals surface area contributed by atoms with Crippen molar-refractivity contribution in [2.24, 2.45) is 5.73 Å². The van der Waals surface area contributed by atoms with E-state index in [-0.39, 0.29) is 13.0 Å². The Labute approximate surface area is 103 Å². The Hall–Kier alpha value is -1.23. The van der Waals surface area contributed by atoms with E-state index in [1.807, 2.05) is 0 Å². The van der Waals surface area contributed by atoms with Gasteiger partial charge in [-0.1, -0.05) is 0 Å². The number of carboxylic acids is 1. The summed E-state index contributed by atoms with van der Waals surface area (Å²) in [6.45, 7) is -0.227. The number of aliphatic hydroxyl groups is 1. The van der Waals surface area contributed by atoms with Crippen molar-refractivity contribution in [3.05, 3.63) is 0 Å². The van der Waals surface area contributed by atoms with Gasteiger partial charge < -0.3 is 20.8 Å². The molecule has 0 aromatic heterocycles. The maximum Gasteiger partial charge on any atom is 0.326 e. The number of rotatable bonds is 4. The molecule has 0 radical (unpaired) electrons. The third kappa shape index (κ3) is 3.63. The van der Waals surface area contributed by atoms with Gasteiger partial charge in [0.2, 0.25) is 5.91 Å². The summed E-state index contributed by atoms with van der Waals surface area (Å²) >= 11 is 0. The number of aliphatic carboxylic acids is 1. The van der Waals surface area contributed by atoms with Crippen LogP contribution >= 0.6 is 0 Å². The average Bonchev–Trinajstić information content (AvgIpc) is 2.56. The van der Waals surface area contributed by atoms with Gasteiger partial charge in [0.15, 0.2) is 0 Å². The van der Waals surface area contributed by atoms with Crippen LogP contribution in [0.15, 0.2) is 0 Å². The average molecular weight is 282 g/mol. The monoisotopic (exact) mass is 282 g/mol. The van der Waals surface area contributed by atoms with E-state index in [0.29, 0.717) is 0 Å². The molecule has 9 nitrogen and oxygen atoms in total. The van der Waals surface area contributed by atoms with E-state index >= 15 is 0 Å². The molecule has 0 saturated carbocycles. The Balaban J connectivity index is 2.79. The fourth-order valence-corrected chi connectivity index (χ4v) is 2.40. The standard InChI is InChI=1S/C8H14N2O7S/c9-5(3-18(15,16)17)7(12)10-2-4(11)1-6(10)8(13)14/h4-6,11H,1-3,9H2,(H,13,14)(H,15,16,17)/t4?,5-,6-/m0/s1. The lowest BCUT2D eigenvalue weighted by atomic mass is 10.2. The van der Waals surface area contributed by atoms with Gasteiger partial charge in [0.05, 0.1) is 11.9 Å². The fourth-order valence-electron chi connectivity index (χ4n) is 1.80. The normalized spacial score (nSPS) is 26.1. The van der Waals surface area contributed by atoms with Crippen molar-refractivity contribution >= 4 is 22.0 Å². The molecule has 1 rings (SSSR count). The smallest absolute Gasteiger partial charge is 0.326 e. The molecule has 0 aromatic carbocycles. The largest absolute Gasteiger partial charge is 0.480 e. The molecule has 0 aromatic rings. The second kappa shape index (κ2) is 5.18. The number of carbonyl (C=O) groups excluding carboxylic acids is 1. The Morgan fingerprint density at radius 2 is 2.00 bits per heavy atom. The van der Waals surface area contributed by atoms with Gasteiger partial charge in [-0.2, -0.15) is 8.42 Å². The Morgan fingerprint density at radius 1 is 1.44 bits per heavy atom. The van der Waals surface area contributed by atoms with Crippen LogP contribution in [0.3, 0.4) is 0 Å². The van der Waals surface area contributed by atoms with Crippen molar-refractivity contribution in [1.29, 1.82) is 0 Å². The second-order valence-electron chi connectivity index (χ2n) is 4.09. The Kier molecular flexibility index (Phi) is 4.27. The minimum Gasteiger partial charge on any atom is -0.480 e. The summed E-state index contributed by atoms with van der Waals surface area (Å²) in [7, 11) is -4.43. The van der Waals surface area contributed by atoms with E-state index in [1.165, 1.54) is 0 Å². The van der Waals surface area contributed by atoms with Crippen LogP contribution in [0.25, 0.3) is 0 Å². The lowest BCUT2D eigenvalue weighted by Gasteiger charge is -2.23. The zero-order chi connectivity index (χ0) is 14.1. The number of likely N-dealkylation sites (tertiary alicyclic amines) is 1. The molecule has 0 aliphatic carbocycles. The molecule has 10 heteroatoms. The first-order valence-corrected chi connectivity index (χ1v) is 6.65. The molecule has 1 aliphatic rings. The van der Waals surface area contributed by atoms with Crippen molar-refractivity contribution in [1.82, 2.24) is 4.90 Å². The van der Waals surface area contributed by atoms with Crippen LogP contribution in [-0.2, 0) is 19.7 Å². The summed E-state index contributed by atoms with van der Waals surface area (Å²) in [6.07, 6.45) is -1.13. The SMILES string of the molecule is N[C@@H](CS(=O)(=O)O)C(=O)N1CC(O)C[C@H]1C(=O)O. The third-order valence-electron chi connectivity index (χ3n) is 2.55. The van der Waals surface area contributed by atoms with E-state index < -0.39 is 45.9 Å².